The van der Waals surface area contributed by atoms with Crippen LogP contribution in [0.4, 0.5) is 0 Å². The number of benzene rings is 1. The molecule has 1 aromatic carbocycles. The average Bonchev–Trinajstić information content (AvgIpc) is 2.55. The van der Waals surface area contributed by atoms with Gasteiger partial charge in [0.25, 0.3) is 5.91 Å². The first-order valence-electron chi connectivity index (χ1n) is 7.13. The minimum Gasteiger partial charge on any atom is -0.348 e. The Bertz CT molecular complexity index is 669. The van der Waals surface area contributed by atoms with Crippen LogP contribution in [0.2, 0.25) is 0 Å². The predicted octanol–water partition coefficient (Wildman–Crippen LogP) is 0.0238. The van der Waals surface area contributed by atoms with E-state index in [4.69, 9.17) is 0 Å². The summed E-state index contributed by atoms with van der Waals surface area (Å²) in [7, 11) is 0. The Morgan fingerprint density at radius 1 is 1.35 bits per heavy atom. The van der Waals surface area contributed by atoms with Crippen LogP contribution in [0.3, 0.4) is 0 Å². The van der Waals surface area contributed by atoms with Gasteiger partial charge in [0.15, 0.2) is 0 Å². The van der Waals surface area contributed by atoms with Gasteiger partial charge in [-0.3, -0.25) is 24.5 Å². The summed E-state index contributed by atoms with van der Waals surface area (Å²) in [6, 6.07) is 5.98. The lowest BCUT2D eigenvalue weighted by atomic mass is 10.0. The van der Waals surface area contributed by atoms with Gasteiger partial charge in [-0.2, -0.15) is 0 Å². The molecule has 3 N–H and O–H groups in total. The number of hydrogen-bond donors (Lipinski definition) is 3. The van der Waals surface area contributed by atoms with Crippen LogP contribution in [-0.2, 0) is 20.9 Å². The summed E-state index contributed by atoms with van der Waals surface area (Å²) in [6.07, 6.45) is 1.65. The van der Waals surface area contributed by atoms with E-state index in [0.29, 0.717) is 5.56 Å². The number of piperidine rings is 1. The Kier molecular flexibility index (Phi) is 5.24. The van der Waals surface area contributed by atoms with Crippen molar-refractivity contribution in [2.75, 3.05) is 0 Å². The number of imide groups is 1. The maximum Gasteiger partial charge on any atom is 0.251 e. The molecule has 0 spiro atoms. The Balaban J connectivity index is 1.99. The van der Waals surface area contributed by atoms with E-state index in [1.54, 1.807) is 24.3 Å². The summed E-state index contributed by atoms with van der Waals surface area (Å²) in [4.78, 5) is 46.1. The highest BCUT2D eigenvalue weighted by molar-refractivity contribution is 6.03. The highest BCUT2D eigenvalue weighted by Crippen LogP contribution is 2.09. The third kappa shape index (κ3) is 4.50. The molecular weight excluding hydrogens is 298 g/mol. The summed E-state index contributed by atoms with van der Waals surface area (Å²) in [5.74, 6) is -1.54. The van der Waals surface area contributed by atoms with Gasteiger partial charge in [0.1, 0.15) is 6.04 Å². The molecule has 1 fully saturated rings. The van der Waals surface area contributed by atoms with Gasteiger partial charge in [-0.05, 0) is 30.2 Å². The number of carbonyl (C=O) groups excluding carboxylic acids is 4. The summed E-state index contributed by atoms with van der Waals surface area (Å²) in [5.41, 5.74) is 1.12. The van der Waals surface area contributed by atoms with Crippen LogP contribution < -0.4 is 16.0 Å². The molecule has 23 heavy (non-hydrogen) atoms. The number of amides is 4. The van der Waals surface area contributed by atoms with Crippen molar-refractivity contribution in [2.24, 2.45) is 0 Å². The third-order valence-corrected chi connectivity index (χ3v) is 3.39. The molecule has 0 saturated carbocycles. The van der Waals surface area contributed by atoms with Gasteiger partial charge in [-0.1, -0.05) is 18.7 Å². The molecule has 0 bridgehead atoms. The minimum absolute atomic E-state index is 0.199. The van der Waals surface area contributed by atoms with Crippen molar-refractivity contribution in [3.63, 3.8) is 0 Å². The normalized spacial score (nSPS) is 17.1. The lowest BCUT2D eigenvalue weighted by Gasteiger charge is -2.21. The van der Waals surface area contributed by atoms with Gasteiger partial charge < -0.3 is 10.6 Å². The molecule has 2 rings (SSSR count). The summed E-state index contributed by atoms with van der Waals surface area (Å²) in [6.45, 7) is 3.63. The largest absolute Gasteiger partial charge is 0.348 e. The lowest BCUT2D eigenvalue weighted by Crippen LogP contribution is -2.52. The predicted molar refractivity (Wildman–Crippen MR) is 82.1 cm³/mol. The second-order valence-electron chi connectivity index (χ2n) is 5.10. The topological polar surface area (TPSA) is 104 Å². The average molecular weight is 315 g/mol. The van der Waals surface area contributed by atoms with E-state index in [1.165, 1.54) is 6.08 Å². The first kappa shape index (κ1) is 16.4. The molecule has 0 aliphatic carbocycles. The summed E-state index contributed by atoms with van der Waals surface area (Å²) < 4.78 is 0. The molecule has 1 atom stereocenters. The molecule has 0 radical (unpaired) electrons. The molecule has 7 nitrogen and oxygen atoms in total. The number of nitrogens with one attached hydrogen (secondary N) is 3. The van der Waals surface area contributed by atoms with Gasteiger partial charge in [-0.25, -0.2) is 0 Å². The van der Waals surface area contributed by atoms with E-state index < -0.39 is 17.9 Å². The fraction of sp³-hybridized carbons (Fsp3) is 0.250. The SMILES string of the molecule is C=CC(=O)NCc1cccc(C(=O)NC2CCC(=O)NC2=O)c1. The number of carbonyl (C=O) groups is 4. The fourth-order valence-corrected chi connectivity index (χ4v) is 2.16. The van der Waals surface area contributed by atoms with E-state index in [-0.39, 0.29) is 31.2 Å². The molecule has 1 heterocycles. The van der Waals surface area contributed by atoms with Gasteiger partial charge in [0, 0.05) is 18.5 Å². The molecule has 4 amide bonds. The van der Waals surface area contributed by atoms with E-state index >= 15 is 0 Å². The molecule has 1 aliphatic heterocycles. The van der Waals surface area contributed by atoms with Gasteiger partial charge >= 0.3 is 0 Å². The molecule has 7 heteroatoms. The van der Waals surface area contributed by atoms with Crippen LogP contribution in [0.25, 0.3) is 0 Å². The lowest BCUT2D eigenvalue weighted by molar-refractivity contribution is -0.134. The van der Waals surface area contributed by atoms with Crippen LogP contribution in [0.15, 0.2) is 36.9 Å². The van der Waals surface area contributed by atoms with E-state index in [0.717, 1.165) is 5.56 Å². The second kappa shape index (κ2) is 7.35. The van der Waals surface area contributed by atoms with Crippen molar-refractivity contribution in [2.45, 2.75) is 25.4 Å². The maximum atomic E-state index is 12.2. The number of hydrogen-bond acceptors (Lipinski definition) is 4. The maximum absolute atomic E-state index is 12.2. The zero-order chi connectivity index (χ0) is 16.8. The van der Waals surface area contributed by atoms with Gasteiger partial charge in [-0.15, -0.1) is 0 Å². The van der Waals surface area contributed by atoms with Crippen molar-refractivity contribution in [1.29, 1.82) is 0 Å². The zero-order valence-electron chi connectivity index (χ0n) is 12.4. The van der Waals surface area contributed by atoms with Crippen molar-refractivity contribution in [1.82, 2.24) is 16.0 Å². The van der Waals surface area contributed by atoms with Crippen LogP contribution in [-0.4, -0.2) is 29.7 Å². The first-order chi connectivity index (χ1) is 11.0. The highest BCUT2D eigenvalue weighted by Gasteiger charge is 2.28. The highest BCUT2D eigenvalue weighted by atomic mass is 16.2. The van der Waals surface area contributed by atoms with Crippen LogP contribution >= 0.6 is 0 Å². The molecule has 120 valence electrons. The molecule has 1 unspecified atom stereocenters. The van der Waals surface area contributed by atoms with Crippen LogP contribution in [0.1, 0.15) is 28.8 Å². The smallest absolute Gasteiger partial charge is 0.251 e. The molecule has 1 aromatic rings. The molecule has 1 saturated heterocycles. The molecular formula is C16H17N3O4. The quantitative estimate of drug-likeness (QED) is 0.526. The second-order valence-corrected chi connectivity index (χ2v) is 5.10. The van der Waals surface area contributed by atoms with E-state index in [9.17, 15) is 19.2 Å². The first-order valence-corrected chi connectivity index (χ1v) is 7.13. The Morgan fingerprint density at radius 2 is 2.13 bits per heavy atom. The Labute approximate surface area is 133 Å². The van der Waals surface area contributed by atoms with E-state index in [1.807, 2.05) is 0 Å². The fourth-order valence-electron chi connectivity index (χ4n) is 2.16. The van der Waals surface area contributed by atoms with Gasteiger partial charge in [0.2, 0.25) is 17.7 Å². The summed E-state index contributed by atoms with van der Waals surface area (Å²) >= 11 is 0. The van der Waals surface area contributed by atoms with Crippen molar-refractivity contribution in [3.05, 3.63) is 48.0 Å². The van der Waals surface area contributed by atoms with E-state index in [2.05, 4.69) is 22.5 Å². The number of rotatable bonds is 5. The van der Waals surface area contributed by atoms with Crippen molar-refractivity contribution >= 4 is 23.6 Å². The Morgan fingerprint density at radius 3 is 2.83 bits per heavy atom. The Hall–Kier alpha value is -2.96. The zero-order valence-corrected chi connectivity index (χ0v) is 12.4. The minimum atomic E-state index is -0.718. The van der Waals surface area contributed by atoms with Gasteiger partial charge in [0.05, 0.1) is 0 Å². The molecule has 0 aromatic heterocycles. The summed E-state index contributed by atoms with van der Waals surface area (Å²) in [5, 5.41) is 7.41. The van der Waals surface area contributed by atoms with Crippen molar-refractivity contribution < 1.29 is 19.2 Å². The standard InChI is InChI=1S/C16H17N3O4/c1-2-13(20)17-9-10-4-3-5-11(8-10)15(22)18-12-6-7-14(21)19-16(12)23/h2-5,8,12H,1,6-7,9H2,(H,17,20)(H,18,22)(H,19,21,23). The van der Waals surface area contributed by atoms with Crippen LogP contribution in [0.5, 0.6) is 0 Å². The molecule has 1 aliphatic rings. The third-order valence-electron chi connectivity index (χ3n) is 3.39. The monoisotopic (exact) mass is 315 g/mol. The van der Waals surface area contributed by atoms with Crippen molar-refractivity contribution in [3.8, 4) is 0 Å². The van der Waals surface area contributed by atoms with Crippen LogP contribution in [0, 0.1) is 0 Å².